The van der Waals surface area contributed by atoms with Gasteiger partial charge in [0.15, 0.2) is 5.03 Å². The van der Waals surface area contributed by atoms with Gasteiger partial charge in [0, 0.05) is 31.1 Å². The minimum absolute atomic E-state index is 0.111. The fraction of sp³-hybridized carbons (Fsp3) is 0.538. The number of cyclic esters (lactones) is 1. The maximum atomic E-state index is 13.3. The summed E-state index contributed by atoms with van der Waals surface area (Å²) in [5.41, 5.74) is 1.19. The number of aliphatic hydroxyl groups is 1. The molecule has 0 radical (unpaired) electrons. The lowest BCUT2D eigenvalue weighted by molar-refractivity contribution is -0.163. The summed E-state index contributed by atoms with van der Waals surface area (Å²) in [5.74, 6) is 0.444. The second-order valence-electron chi connectivity index (χ2n) is 10.4. The van der Waals surface area contributed by atoms with Crippen molar-refractivity contribution >= 4 is 16.0 Å². The Hall–Kier alpha value is -2.65. The molecular weight excluding hydrogens is 466 g/mol. The number of esters is 1. The van der Waals surface area contributed by atoms with Crippen LogP contribution in [0.2, 0.25) is 0 Å². The highest BCUT2D eigenvalue weighted by atomic mass is 32.2. The van der Waals surface area contributed by atoms with Crippen molar-refractivity contribution in [2.24, 2.45) is 24.0 Å². The monoisotopic (exact) mass is 503 g/mol. The molecule has 1 aromatic carbocycles. The zero-order chi connectivity index (χ0) is 26.1. The average Bonchev–Trinajstić information content (AvgIpc) is 3.12. The SMILES string of the molecule is CCC(C1=C(O)CC(CC(C)C)(CC(C)C)OC1=O)c1ccc(-c2nc(S(N)(=O)=O)cn2C)cc1. The van der Waals surface area contributed by atoms with Crippen LogP contribution < -0.4 is 5.14 Å². The van der Waals surface area contributed by atoms with Gasteiger partial charge >= 0.3 is 5.97 Å². The maximum absolute atomic E-state index is 13.3. The van der Waals surface area contributed by atoms with Crippen molar-refractivity contribution in [2.45, 2.75) is 76.8 Å². The zero-order valence-corrected chi connectivity index (χ0v) is 22.2. The highest BCUT2D eigenvalue weighted by molar-refractivity contribution is 7.89. The largest absolute Gasteiger partial charge is 0.512 e. The number of imidazole rings is 1. The smallest absolute Gasteiger partial charge is 0.338 e. The minimum Gasteiger partial charge on any atom is -0.512 e. The topological polar surface area (TPSA) is 125 Å². The Morgan fingerprint density at radius 3 is 2.14 bits per heavy atom. The summed E-state index contributed by atoms with van der Waals surface area (Å²) in [6, 6.07) is 7.38. The highest BCUT2D eigenvalue weighted by Gasteiger charge is 2.44. The van der Waals surface area contributed by atoms with Gasteiger partial charge in [-0.05, 0) is 36.7 Å². The Morgan fingerprint density at radius 1 is 1.14 bits per heavy atom. The first kappa shape index (κ1) is 26.9. The quantitative estimate of drug-likeness (QED) is 0.473. The van der Waals surface area contributed by atoms with Crippen LogP contribution in [0.4, 0.5) is 0 Å². The lowest BCUT2D eigenvalue weighted by atomic mass is 9.77. The van der Waals surface area contributed by atoms with Crippen LogP contribution in [0.25, 0.3) is 11.4 Å². The van der Waals surface area contributed by atoms with Crippen molar-refractivity contribution < 1.29 is 23.1 Å². The Kier molecular flexibility index (Phi) is 7.81. The van der Waals surface area contributed by atoms with Gasteiger partial charge in [0.1, 0.15) is 17.2 Å². The van der Waals surface area contributed by atoms with E-state index in [-0.39, 0.29) is 16.7 Å². The molecule has 1 aromatic heterocycles. The van der Waals surface area contributed by atoms with Gasteiger partial charge in [0.25, 0.3) is 10.0 Å². The number of benzene rings is 1. The Bertz CT molecular complexity index is 1200. The summed E-state index contributed by atoms with van der Waals surface area (Å²) in [5, 5.41) is 16.1. The van der Waals surface area contributed by atoms with Crippen LogP contribution in [-0.2, 0) is 26.6 Å². The predicted molar refractivity (Wildman–Crippen MR) is 135 cm³/mol. The maximum Gasteiger partial charge on any atom is 0.338 e. The number of hydrogen-bond acceptors (Lipinski definition) is 6. The molecule has 0 aliphatic carbocycles. The van der Waals surface area contributed by atoms with Gasteiger partial charge < -0.3 is 14.4 Å². The van der Waals surface area contributed by atoms with Crippen LogP contribution >= 0.6 is 0 Å². The first-order chi connectivity index (χ1) is 16.3. The summed E-state index contributed by atoms with van der Waals surface area (Å²) in [4.78, 5) is 17.4. The van der Waals surface area contributed by atoms with Crippen molar-refractivity contribution in [1.82, 2.24) is 9.55 Å². The van der Waals surface area contributed by atoms with E-state index < -0.39 is 21.6 Å². The third-order valence-corrected chi connectivity index (χ3v) is 7.14. The van der Waals surface area contributed by atoms with Crippen LogP contribution in [0.3, 0.4) is 0 Å². The van der Waals surface area contributed by atoms with Gasteiger partial charge in [-0.1, -0.05) is 58.9 Å². The number of primary sulfonamides is 1. The number of nitrogens with two attached hydrogens (primary N) is 1. The Labute approximate surface area is 208 Å². The third kappa shape index (κ3) is 5.95. The number of aliphatic hydroxyl groups excluding tert-OH is 1. The van der Waals surface area contributed by atoms with E-state index in [1.54, 1.807) is 11.6 Å². The molecule has 3 rings (SSSR count). The standard InChI is InChI=1S/C26H37N3O5S/c1-7-20(23-21(30)14-26(12-16(2)3,13-17(4)5)34-25(23)31)18-8-10-19(11-9-18)24-28-22(15-29(24)6)35(27,32)33/h8-11,15-17,20,30H,7,12-14H2,1-6H3,(H2,27,32,33). The van der Waals surface area contributed by atoms with Crippen LogP contribution in [0, 0.1) is 11.8 Å². The van der Waals surface area contributed by atoms with E-state index >= 15 is 0 Å². The molecule has 1 aliphatic rings. The fourth-order valence-electron chi connectivity index (χ4n) is 5.26. The van der Waals surface area contributed by atoms with Crippen molar-refractivity contribution in [3.63, 3.8) is 0 Å². The fourth-order valence-corrected chi connectivity index (χ4v) is 5.78. The molecule has 0 saturated heterocycles. The van der Waals surface area contributed by atoms with E-state index in [4.69, 9.17) is 9.88 Å². The van der Waals surface area contributed by atoms with Gasteiger partial charge in [0.05, 0.1) is 5.57 Å². The van der Waals surface area contributed by atoms with Crippen molar-refractivity contribution in [2.75, 3.05) is 0 Å². The molecule has 0 amide bonds. The van der Waals surface area contributed by atoms with E-state index in [0.717, 1.165) is 5.56 Å². The van der Waals surface area contributed by atoms with Gasteiger partial charge in [-0.3, -0.25) is 0 Å². The van der Waals surface area contributed by atoms with Crippen LogP contribution in [0.15, 0.2) is 46.8 Å². The number of carbonyl (C=O) groups is 1. The summed E-state index contributed by atoms with van der Waals surface area (Å²) in [7, 11) is -2.21. The summed E-state index contributed by atoms with van der Waals surface area (Å²) in [6.45, 7) is 10.3. The Morgan fingerprint density at radius 2 is 1.71 bits per heavy atom. The van der Waals surface area contributed by atoms with Gasteiger partial charge in [0.2, 0.25) is 0 Å². The molecule has 3 N–H and O–H groups in total. The summed E-state index contributed by atoms with van der Waals surface area (Å²) in [6.07, 6.45) is 3.69. The second-order valence-corrected chi connectivity index (χ2v) is 12.0. The molecule has 0 fully saturated rings. The summed E-state index contributed by atoms with van der Waals surface area (Å²) >= 11 is 0. The number of aryl methyl sites for hydroxylation is 1. The van der Waals surface area contributed by atoms with E-state index in [1.165, 1.54) is 6.20 Å². The molecule has 0 saturated carbocycles. The molecule has 1 atom stereocenters. The van der Waals surface area contributed by atoms with Gasteiger partial charge in [-0.2, -0.15) is 0 Å². The van der Waals surface area contributed by atoms with E-state index in [9.17, 15) is 18.3 Å². The van der Waals surface area contributed by atoms with Crippen LogP contribution in [0.1, 0.15) is 71.8 Å². The van der Waals surface area contributed by atoms with Crippen LogP contribution in [0.5, 0.6) is 0 Å². The molecule has 9 heteroatoms. The first-order valence-electron chi connectivity index (χ1n) is 12.1. The number of rotatable bonds is 9. The van der Waals surface area contributed by atoms with Crippen molar-refractivity contribution in [3.05, 3.63) is 47.4 Å². The normalized spacial score (nSPS) is 17.2. The molecule has 1 aliphatic heterocycles. The molecule has 2 aromatic rings. The Balaban J connectivity index is 1.94. The number of ether oxygens (including phenoxy) is 1. The predicted octanol–water partition coefficient (Wildman–Crippen LogP) is 4.82. The molecule has 1 unspecified atom stereocenters. The molecular formula is C26H37N3O5S. The molecule has 2 heterocycles. The lowest BCUT2D eigenvalue weighted by Crippen LogP contribution is -2.43. The molecule has 8 nitrogen and oxygen atoms in total. The molecule has 35 heavy (non-hydrogen) atoms. The molecule has 0 bridgehead atoms. The van der Waals surface area contributed by atoms with E-state index in [2.05, 4.69) is 32.7 Å². The molecule has 192 valence electrons. The number of nitrogens with zero attached hydrogens (tertiary/aromatic N) is 2. The first-order valence-corrected chi connectivity index (χ1v) is 13.6. The van der Waals surface area contributed by atoms with Gasteiger partial charge in [-0.15, -0.1) is 0 Å². The number of aromatic nitrogens is 2. The number of carbonyl (C=O) groups excluding carboxylic acids is 1. The van der Waals surface area contributed by atoms with Crippen molar-refractivity contribution in [3.8, 4) is 11.4 Å². The van der Waals surface area contributed by atoms with Gasteiger partial charge in [-0.25, -0.2) is 23.3 Å². The lowest BCUT2D eigenvalue weighted by Gasteiger charge is -2.40. The average molecular weight is 504 g/mol. The van der Waals surface area contributed by atoms with Crippen molar-refractivity contribution in [1.29, 1.82) is 0 Å². The van der Waals surface area contributed by atoms with E-state index in [1.807, 2.05) is 31.2 Å². The summed E-state index contributed by atoms with van der Waals surface area (Å²) < 4.78 is 31.0. The number of sulfonamides is 1. The number of hydrogen-bond donors (Lipinski definition) is 2. The zero-order valence-electron chi connectivity index (χ0n) is 21.4. The van der Waals surface area contributed by atoms with E-state index in [0.29, 0.717) is 54.5 Å². The van der Waals surface area contributed by atoms with Crippen LogP contribution in [-0.4, -0.2) is 34.6 Å². The highest BCUT2D eigenvalue weighted by Crippen LogP contribution is 2.43. The second kappa shape index (κ2) is 10.1. The minimum atomic E-state index is -3.91. The molecule has 0 spiro atoms. The third-order valence-electron chi connectivity index (χ3n) is 6.36.